The number of methoxy groups -OCH3 is 1. The number of benzene rings is 1. The van der Waals surface area contributed by atoms with E-state index in [0.29, 0.717) is 30.3 Å². The van der Waals surface area contributed by atoms with Crippen LogP contribution in [0.4, 0.5) is 0 Å². The number of Topliss-reactive ketones (excluding diaryl/α,β-unsaturated/α-hetero) is 1. The van der Waals surface area contributed by atoms with Crippen LogP contribution in [-0.4, -0.2) is 32.2 Å². The van der Waals surface area contributed by atoms with Crippen LogP contribution in [0.25, 0.3) is 0 Å². The molecule has 0 spiro atoms. The van der Waals surface area contributed by atoms with Crippen LogP contribution in [0.1, 0.15) is 17.3 Å². The molecule has 1 aliphatic heterocycles. The molecule has 0 aliphatic carbocycles. The van der Waals surface area contributed by atoms with E-state index in [1.807, 2.05) is 0 Å². The summed E-state index contributed by atoms with van der Waals surface area (Å²) >= 11 is 0. The number of hydrogen-bond acceptors (Lipinski definition) is 4. The molecule has 1 aromatic rings. The first-order chi connectivity index (χ1) is 7.72. The SMILES string of the molecule is COc1cccc(OC2COC2)c1C(C)=O. The average Bonchev–Trinajstić information content (AvgIpc) is 2.22. The first-order valence-electron chi connectivity index (χ1n) is 5.14. The Labute approximate surface area is 94.1 Å². The van der Waals surface area contributed by atoms with Gasteiger partial charge in [-0.1, -0.05) is 6.07 Å². The fourth-order valence-corrected chi connectivity index (χ4v) is 1.59. The highest BCUT2D eigenvalue weighted by atomic mass is 16.6. The van der Waals surface area contributed by atoms with Gasteiger partial charge < -0.3 is 14.2 Å². The number of carbonyl (C=O) groups is 1. The third-order valence-corrected chi connectivity index (χ3v) is 2.46. The van der Waals surface area contributed by atoms with Gasteiger partial charge in [0.2, 0.25) is 0 Å². The third kappa shape index (κ3) is 2.02. The largest absolute Gasteiger partial charge is 0.496 e. The molecule has 86 valence electrons. The van der Waals surface area contributed by atoms with Gasteiger partial charge in [0.15, 0.2) is 5.78 Å². The van der Waals surface area contributed by atoms with Crippen molar-refractivity contribution >= 4 is 5.78 Å². The first kappa shape index (κ1) is 11.0. The second-order valence-corrected chi connectivity index (χ2v) is 3.67. The first-order valence-corrected chi connectivity index (χ1v) is 5.14. The van der Waals surface area contributed by atoms with Crippen LogP contribution in [0.2, 0.25) is 0 Å². The lowest BCUT2D eigenvalue weighted by molar-refractivity contribution is -0.0798. The van der Waals surface area contributed by atoms with Gasteiger partial charge in [0.1, 0.15) is 23.2 Å². The lowest BCUT2D eigenvalue weighted by Crippen LogP contribution is -2.38. The Kier molecular flexibility index (Phi) is 3.10. The maximum absolute atomic E-state index is 11.5. The van der Waals surface area contributed by atoms with Gasteiger partial charge in [-0.3, -0.25) is 4.79 Å². The minimum Gasteiger partial charge on any atom is -0.496 e. The normalized spacial score (nSPS) is 15.4. The van der Waals surface area contributed by atoms with Crippen molar-refractivity contribution < 1.29 is 19.0 Å². The van der Waals surface area contributed by atoms with Gasteiger partial charge in [0, 0.05) is 0 Å². The van der Waals surface area contributed by atoms with Crippen molar-refractivity contribution in [3.05, 3.63) is 23.8 Å². The van der Waals surface area contributed by atoms with Crippen molar-refractivity contribution in [2.24, 2.45) is 0 Å². The zero-order chi connectivity index (χ0) is 11.5. The predicted octanol–water partition coefficient (Wildman–Crippen LogP) is 1.68. The van der Waals surface area contributed by atoms with Crippen molar-refractivity contribution in [3.63, 3.8) is 0 Å². The molecule has 0 unspecified atom stereocenters. The molecule has 0 radical (unpaired) electrons. The Bertz CT molecular complexity index is 396. The summed E-state index contributed by atoms with van der Waals surface area (Å²) in [6.45, 7) is 2.66. The van der Waals surface area contributed by atoms with Crippen molar-refractivity contribution in [1.29, 1.82) is 0 Å². The molecule has 16 heavy (non-hydrogen) atoms. The molecular formula is C12H14O4. The summed E-state index contributed by atoms with van der Waals surface area (Å²) in [5.74, 6) is 1.05. The molecule has 0 saturated carbocycles. The fourth-order valence-electron chi connectivity index (χ4n) is 1.59. The number of rotatable bonds is 4. The van der Waals surface area contributed by atoms with Crippen LogP contribution in [0, 0.1) is 0 Å². The highest BCUT2D eigenvalue weighted by Gasteiger charge is 2.23. The van der Waals surface area contributed by atoms with Crippen molar-refractivity contribution in [3.8, 4) is 11.5 Å². The Balaban J connectivity index is 2.30. The van der Waals surface area contributed by atoms with Gasteiger partial charge in [-0.05, 0) is 19.1 Å². The smallest absolute Gasteiger partial charge is 0.167 e. The summed E-state index contributed by atoms with van der Waals surface area (Å²) in [5.41, 5.74) is 0.497. The second-order valence-electron chi connectivity index (χ2n) is 3.67. The van der Waals surface area contributed by atoms with Gasteiger partial charge in [-0.25, -0.2) is 0 Å². The summed E-state index contributed by atoms with van der Waals surface area (Å²) in [5, 5.41) is 0. The molecular weight excluding hydrogens is 208 g/mol. The monoisotopic (exact) mass is 222 g/mol. The molecule has 1 saturated heterocycles. The van der Waals surface area contributed by atoms with Crippen LogP contribution < -0.4 is 9.47 Å². The van der Waals surface area contributed by atoms with Gasteiger partial charge in [0.25, 0.3) is 0 Å². The highest BCUT2D eigenvalue weighted by molar-refractivity contribution is 5.99. The van der Waals surface area contributed by atoms with E-state index in [9.17, 15) is 4.79 Å². The molecule has 0 atom stereocenters. The molecule has 1 aromatic carbocycles. The van der Waals surface area contributed by atoms with E-state index in [4.69, 9.17) is 14.2 Å². The van der Waals surface area contributed by atoms with E-state index in [2.05, 4.69) is 0 Å². The molecule has 1 heterocycles. The van der Waals surface area contributed by atoms with Crippen LogP contribution in [0.15, 0.2) is 18.2 Å². The predicted molar refractivity (Wildman–Crippen MR) is 58.2 cm³/mol. The fraction of sp³-hybridized carbons (Fsp3) is 0.417. The molecule has 1 fully saturated rings. The molecule has 0 N–H and O–H groups in total. The highest BCUT2D eigenvalue weighted by Crippen LogP contribution is 2.30. The van der Waals surface area contributed by atoms with E-state index in [1.54, 1.807) is 18.2 Å². The van der Waals surface area contributed by atoms with Crippen LogP contribution >= 0.6 is 0 Å². The molecule has 4 heteroatoms. The summed E-state index contributed by atoms with van der Waals surface area (Å²) in [6.07, 6.45) is 0.0465. The van der Waals surface area contributed by atoms with Crippen molar-refractivity contribution in [1.82, 2.24) is 0 Å². The summed E-state index contributed by atoms with van der Waals surface area (Å²) in [7, 11) is 1.54. The molecule has 0 bridgehead atoms. The zero-order valence-electron chi connectivity index (χ0n) is 9.36. The molecule has 0 aromatic heterocycles. The zero-order valence-corrected chi connectivity index (χ0v) is 9.36. The summed E-state index contributed by atoms with van der Waals surface area (Å²) in [6, 6.07) is 5.33. The third-order valence-electron chi connectivity index (χ3n) is 2.46. The second kappa shape index (κ2) is 4.53. The van der Waals surface area contributed by atoms with Crippen LogP contribution in [0.3, 0.4) is 0 Å². The maximum atomic E-state index is 11.5. The molecule has 4 nitrogen and oxygen atoms in total. The number of carbonyl (C=O) groups excluding carboxylic acids is 1. The van der Waals surface area contributed by atoms with Crippen molar-refractivity contribution in [2.45, 2.75) is 13.0 Å². The van der Waals surface area contributed by atoms with E-state index in [1.165, 1.54) is 14.0 Å². The molecule has 0 amide bonds. The van der Waals surface area contributed by atoms with Gasteiger partial charge in [0.05, 0.1) is 20.3 Å². The number of hydrogen-bond donors (Lipinski definition) is 0. The summed E-state index contributed by atoms with van der Waals surface area (Å²) < 4.78 is 15.8. The molecule has 1 aliphatic rings. The Hall–Kier alpha value is -1.55. The summed E-state index contributed by atoms with van der Waals surface area (Å²) in [4.78, 5) is 11.5. The van der Waals surface area contributed by atoms with Gasteiger partial charge >= 0.3 is 0 Å². The standard InChI is InChI=1S/C12H14O4/c1-8(13)12-10(14-2)4-3-5-11(12)16-9-6-15-7-9/h3-5,9H,6-7H2,1-2H3. The van der Waals surface area contributed by atoms with Gasteiger partial charge in [-0.15, -0.1) is 0 Å². The topological polar surface area (TPSA) is 44.8 Å². The Morgan fingerprint density at radius 1 is 1.38 bits per heavy atom. The lowest BCUT2D eigenvalue weighted by Gasteiger charge is -2.27. The maximum Gasteiger partial charge on any atom is 0.167 e. The average molecular weight is 222 g/mol. The quantitative estimate of drug-likeness (QED) is 0.727. The van der Waals surface area contributed by atoms with E-state index in [-0.39, 0.29) is 11.9 Å². The Morgan fingerprint density at radius 2 is 2.06 bits per heavy atom. The number of ether oxygens (including phenoxy) is 3. The minimum atomic E-state index is -0.0623. The van der Waals surface area contributed by atoms with Crippen molar-refractivity contribution in [2.75, 3.05) is 20.3 Å². The van der Waals surface area contributed by atoms with E-state index in [0.717, 1.165) is 0 Å². The van der Waals surface area contributed by atoms with Crippen LogP contribution in [-0.2, 0) is 4.74 Å². The minimum absolute atomic E-state index is 0.0465. The Morgan fingerprint density at radius 3 is 2.56 bits per heavy atom. The number of ketones is 1. The van der Waals surface area contributed by atoms with Crippen LogP contribution in [0.5, 0.6) is 11.5 Å². The van der Waals surface area contributed by atoms with E-state index >= 15 is 0 Å². The lowest BCUT2D eigenvalue weighted by atomic mass is 10.1. The van der Waals surface area contributed by atoms with Gasteiger partial charge in [-0.2, -0.15) is 0 Å². The molecule has 2 rings (SSSR count). The van der Waals surface area contributed by atoms with E-state index < -0.39 is 0 Å².